The van der Waals surface area contributed by atoms with E-state index in [-0.39, 0.29) is 5.56 Å². The largest absolute Gasteiger partial charge is 0.382 e. The molecule has 3 rings (SSSR count). The molecule has 0 aromatic carbocycles. The van der Waals surface area contributed by atoms with Gasteiger partial charge in [0, 0.05) is 26.4 Å². The van der Waals surface area contributed by atoms with Gasteiger partial charge >= 0.3 is 0 Å². The van der Waals surface area contributed by atoms with Gasteiger partial charge in [0.05, 0.1) is 11.9 Å². The highest BCUT2D eigenvalue weighted by Crippen LogP contribution is 2.30. The van der Waals surface area contributed by atoms with Crippen LogP contribution < -0.4 is 10.9 Å². The third-order valence-electron chi connectivity index (χ3n) is 3.35. The lowest BCUT2D eigenvalue weighted by molar-refractivity contribution is 0.387. The highest BCUT2D eigenvalue weighted by molar-refractivity contribution is 9.10. The predicted octanol–water partition coefficient (Wildman–Crippen LogP) is 1.76. The van der Waals surface area contributed by atoms with Crippen molar-refractivity contribution in [3.63, 3.8) is 0 Å². The molecule has 21 heavy (non-hydrogen) atoms. The lowest BCUT2D eigenvalue weighted by Gasteiger charge is -2.09. The molecular weight excluding hydrogens is 338 g/mol. The van der Waals surface area contributed by atoms with E-state index in [1.54, 1.807) is 13.1 Å². The van der Waals surface area contributed by atoms with Crippen molar-refractivity contribution in [3.8, 4) is 0 Å². The van der Waals surface area contributed by atoms with Crippen molar-refractivity contribution in [2.24, 2.45) is 5.92 Å². The summed E-state index contributed by atoms with van der Waals surface area (Å²) < 4.78 is 6.94. The number of nitrogens with one attached hydrogen (secondary N) is 1. The van der Waals surface area contributed by atoms with Gasteiger partial charge in [0.1, 0.15) is 4.47 Å². The van der Waals surface area contributed by atoms with E-state index in [2.05, 4.69) is 36.5 Å². The number of hydrogen-bond donors (Lipinski definition) is 1. The SMILES string of the molecule is Cc1nc(CCNc2cnn(CC3CC3)c(=O)c2Br)no1. The summed E-state index contributed by atoms with van der Waals surface area (Å²) >= 11 is 3.35. The fourth-order valence-electron chi connectivity index (χ4n) is 2.02. The minimum Gasteiger partial charge on any atom is -0.382 e. The molecule has 8 heteroatoms. The average Bonchev–Trinajstić information content (AvgIpc) is 3.19. The van der Waals surface area contributed by atoms with Gasteiger partial charge in [-0.3, -0.25) is 4.79 Å². The third-order valence-corrected chi connectivity index (χ3v) is 4.11. The zero-order valence-electron chi connectivity index (χ0n) is 11.7. The maximum atomic E-state index is 12.2. The summed E-state index contributed by atoms with van der Waals surface area (Å²) in [7, 11) is 0. The highest BCUT2D eigenvalue weighted by atomic mass is 79.9. The van der Waals surface area contributed by atoms with E-state index >= 15 is 0 Å². The van der Waals surface area contributed by atoms with Crippen LogP contribution in [0.4, 0.5) is 5.69 Å². The molecule has 1 fully saturated rings. The van der Waals surface area contributed by atoms with Crippen LogP contribution >= 0.6 is 15.9 Å². The van der Waals surface area contributed by atoms with Crippen molar-refractivity contribution in [3.05, 3.63) is 32.7 Å². The zero-order chi connectivity index (χ0) is 14.8. The Balaban J connectivity index is 1.62. The van der Waals surface area contributed by atoms with E-state index in [4.69, 9.17) is 4.52 Å². The lowest BCUT2D eigenvalue weighted by atomic mass is 10.3. The van der Waals surface area contributed by atoms with Crippen LogP contribution in [-0.4, -0.2) is 26.5 Å². The molecule has 0 atom stereocenters. The number of nitrogens with zero attached hydrogens (tertiary/aromatic N) is 4. The molecule has 0 bridgehead atoms. The van der Waals surface area contributed by atoms with Gasteiger partial charge in [0.15, 0.2) is 5.82 Å². The summed E-state index contributed by atoms with van der Waals surface area (Å²) in [4.78, 5) is 16.3. The van der Waals surface area contributed by atoms with Crippen LogP contribution in [0, 0.1) is 12.8 Å². The Labute approximate surface area is 129 Å². The van der Waals surface area contributed by atoms with Gasteiger partial charge in [-0.15, -0.1) is 0 Å². The minimum absolute atomic E-state index is 0.0951. The molecule has 0 amide bonds. The van der Waals surface area contributed by atoms with Crippen LogP contribution in [0.15, 0.2) is 20.0 Å². The Kier molecular flexibility index (Phi) is 4.05. The van der Waals surface area contributed by atoms with Gasteiger partial charge < -0.3 is 9.84 Å². The van der Waals surface area contributed by atoms with Gasteiger partial charge in [-0.05, 0) is 34.7 Å². The first-order chi connectivity index (χ1) is 10.1. The van der Waals surface area contributed by atoms with Gasteiger partial charge in [-0.25, -0.2) is 4.68 Å². The number of aryl methyl sites for hydroxylation is 1. The van der Waals surface area contributed by atoms with E-state index in [0.717, 1.165) is 0 Å². The lowest BCUT2D eigenvalue weighted by Crippen LogP contribution is -2.25. The summed E-state index contributed by atoms with van der Waals surface area (Å²) in [5.74, 6) is 1.81. The van der Waals surface area contributed by atoms with Gasteiger partial charge in [-0.1, -0.05) is 5.16 Å². The number of hydrogen-bond acceptors (Lipinski definition) is 6. The number of halogens is 1. The van der Waals surface area contributed by atoms with E-state index in [1.165, 1.54) is 17.5 Å². The quantitative estimate of drug-likeness (QED) is 0.851. The summed E-state index contributed by atoms with van der Waals surface area (Å²) in [6, 6.07) is 0. The second kappa shape index (κ2) is 5.97. The molecule has 0 saturated heterocycles. The maximum absolute atomic E-state index is 12.2. The molecule has 0 radical (unpaired) electrons. The number of anilines is 1. The molecule has 112 valence electrons. The van der Waals surface area contributed by atoms with Crippen molar-refractivity contribution >= 4 is 21.6 Å². The number of rotatable bonds is 6. The van der Waals surface area contributed by atoms with Crippen molar-refractivity contribution in [1.29, 1.82) is 0 Å². The normalized spacial score (nSPS) is 14.4. The van der Waals surface area contributed by atoms with Crippen LogP contribution in [-0.2, 0) is 13.0 Å². The third kappa shape index (κ3) is 3.49. The van der Waals surface area contributed by atoms with Crippen LogP contribution in [0.1, 0.15) is 24.6 Å². The van der Waals surface area contributed by atoms with Gasteiger partial charge in [0.2, 0.25) is 5.89 Å². The molecule has 0 spiro atoms. The molecular formula is C13H16BrN5O2. The van der Waals surface area contributed by atoms with E-state index in [1.807, 2.05) is 0 Å². The van der Waals surface area contributed by atoms with Crippen molar-refractivity contribution in [2.45, 2.75) is 32.7 Å². The standard InChI is InChI=1S/C13H16BrN5O2/c1-8-17-11(18-21-8)4-5-15-10-6-16-19(7-9-2-3-9)13(20)12(10)14/h6,9,15H,2-5,7H2,1H3. The zero-order valence-corrected chi connectivity index (χ0v) is 13.3. The summed E-state index contributed by atoms with van der Waals surface area (Å²) in [5.41, 5.74) is 0.592. The molecule has 1 saturated carbocycles. The summed E-state index contributed by atoms with van der Waals surface area (Å²) in [6.45, 7) is 3.06. The average molecular weight is 354 g/mol. The van der Waals surface area contributed by atoms with Crippen molar-refractivity contribution in [2.75, 3.05) is 11.9 Å². The smallest absolute Gasteiger partial charge is 0.283 e. The molecule has 1 N–H and O–H groups in total. The molecule has 0 aliphatic heterocycles. The first-order valence-electron chi connectivity index (χ1n) is 6.92. The molecule has 2 heterocycles. The molecule has 2 aromatic rings. The van der Waals surface area contributed by atoms with Gasteiger partial charge in [0.25, 0.3) is 5.56 Å². The minimum atomic E-state index is -0.0951. The fraction of sp³-hybridized carbons (Fsp3) is 0.538. The highest BCUT2D eigenvalue weighted by Gasteiger charge is 2.23. The predicted molar refractivity (Wildman–Crippen MR) is 80.1 cm³/mol. The van der Waals surface area contributed by atoms with Crippen LogP contribution in [0.3, 0.4) is 0 Å². The van der Waals surface area contributed by atoms with Gasteiger partial charge in [-0.2, -0.15) is 10.1 Å². The van der Waals surface area contributed by atoms with E-state index in [9.17, 15) is 4.79 Å². The molecule has 2 aromatic heterocycles. The Morgan fingerprint density at radius 2 is 2.33 bits per heavy atom. The molecule has 7 nitrogen and oxygen atoms in total. The second-order valence-electron chi connectivity index (χ2n) is 5.21. The van der Waals surface area contributed by atoms with Crippen LogP contribution in [0.2, 0.25) is 0 Å². The summed E-state index contributed by atoms with van der Waals surface area (Å²) in [6.07, 6.45) is 4.68. The maximum Gasteiger partial charge on any atom is 0.283 e. The topological polar surface area (TPSA) is 85.8 Å². The monoisotopic (exact) mass is 353 g/mol. The molecule has 1 aliphatic carbocycles. The van der Waals surface area contributed by atoms with Crippen LogP contribution in [0.5, 0.6) is 0 Å². The first kappa shape index (κ1) is 14.2. The summed E-state index contributed by atoms with van der Waals surface area (Å²) in [5, 5.41) is 11.2. The molecule has 0 unspecified atom stereocenters. The second-order valence-corrected chi connectivity index (χ2v) is 6.00. The van der Waals surface area contributed by atoms with Crippen molar-refractivity contribution < 1.29 is 4.52 Å². The Morgan fingerprint density at radius 1 is 1.52 bits per heavy atom. The van der Waals surface area contributed by atoms with E-state index in [0.29, 0.717) is 47.3 Å². The fourth-order valence-corrected chi connectivity index (χ4v) is 2.46. The number of aromatic nitrogens is 4. The van der Waals surface area contributed by atoms with Crippen LogP contribution in [0.25, 0.3) is 0 Å². The Hall–Kier alpha value is -1.70. The molecule has 1 aliphatic rings. The Bertz CT molecular complexity index is 692. The van der Waals surface area contributed by atoms with E-state index < -0.39 is 0 Å². The van der Waals surface area contributed by atoms with Crippen molar-refractivity contribution in [1.82, 2.24) is 19.9 Å². The Morgan fingerprint density at radius 3 is 3.00 bits per heavy atom. The first-order valence-corrected chi connectivity index (χ1v) is 7.71.